The molecule has 20 heavy (non-hydrogen) atoms. The zero-order valence-electron chi connectivity index (χ0n) is 12.0. The summed E-state index contributed by atoms with van der Waals surface area (Å²) < 4.78 is 0. The molecule has 1 rings (SSSR count). The van der Waals surface area contributed by atoms with E-state index in [0.29, 0.717) is 12.2 Å². The monoisotopic (exact) mass is 281 g/mol. The second kappa shape index (κ2) is 5.87. The van der Waals surface area contributed by atoms with Crippen LogP contribution in [0.5, 0.6) is 0 Å². The van der Waals surface area contributed by atoms with Crippen molar-refractivity contribution in [2.45, 2.75) is 19.4 Å². The van der Waals surface area contributed by atoms with Gasteiger partial charge in [-0.1, -0.05) is 0 Å². The van der Waals surface area contributed by atoms with Crippen molar-refractivity contribution in [2.24, 2.45) is 0 Å². The molecule has 0 unspecified atom stereocenters. The molecule has 0 fully saturated rings. The zero-order valence-corrected chi connectivity index (χ0v) is 12.0. The Balaban J connectivity index is 3.01. The topological polar surface area (TPSA) is 95.7 Å². The van der Waals surface area contributed by atoms with Crippen LogP contribution in [-0.4, -0.2) is 47.1 Å². The number of nitrogens with one attached hydrogen (secondary N) is 1. The first-order valence-electron chi connectivity index (χ1n) is 6.08. The quantitative estimate of drug-likeness (QED) is 0.612. The number of hydrogen-bond donors (Lipinski definition) is 2. The molecule has 0 amide bonds. The predicted octanol–water partition coefficient (Wildman–Crippen LogP) is 2.05. The highest BCUT2D eigenvalue weighted by molar-refractivity contribution is 5.89. The predicted molar refractivity (Wildman–Crippen MR) is 76.3 cm³/mol. The molecule has 7 heteroatoms. The maximum atomic E-state index is 11.0. The van der Waals surface area contributed by atoms with Gasteiger partial charge in [0.2, 0.25) is 0 Å². The van der Waals surface area contributed by atoms with E-state index in [2.05, 4.69) is 5.32 Å². The highest BCUT2D eigenvalue weighted by atomic mass is 16.6. The number of nitrogens with zero attached hydrogens (tertiary/aromatic N) is 2. The van der Waals surface area contributed by atoms with Gasteiger partial charge in [0.1, 0.15) is 5.69 Å². The first-order chi connectivity index (χ1) is 9.15. The van der Waals surface area contributed by atoms with Crippen LogP contribution in [0.2, 0.25) is 0 Å². The smallest absolute Gasteiger partial charge is 0.335 e. The number of nitro benzene ring substituents is 1. The number of rotatable bonds is 6. The molecular weight excluding hydrogens is 262 g/mol. The van der Waals surface area contributed by atoms with E-state index >= 15 is 0 Å². The molecule has 0 aliphatic heterocycles. The second-order valence-electron chi connectivity index (χ2n) is 5.35. The van der Waals surface area contributed by atoms with Crippen molar-refractivity contribution in [2.75, 3.05) is 26.0 Å². The number of likely N-dealkylation sites (N-methyl/N-ethyl adjacent to an activating group) is 1. The Labute approximate surface area is 117 Å². The second-order valence-corrected chi connectivity index (χ2v) is 5.35. The van der Waals surface area contributed by atoms with E-state index in [0.717, 1.165) is 6.07 Å². The van der Waals surface area contributed by atoms with Crippen LogP contribution in [-0.2, 0) is 0 Å². The van der Waals surface area contributed by atoms with Gasteiger partial charge in [0.25, 0.3) is 5.69 Å². The minimum absolute atomic E-state index is 0.103. The van der Waals surface area contributed by atoms with Crippen molar-refractivity contribution >= 4 is 17.3 Å². The van der Waals surface area contributed by atoms with E-state index in [1.54, 1.807) is 0 Å². The number of nitro groups is 1. The molecule has 2 N–H and O–H groups in total. The van der Waals surface area contributed by atoms with Crippen LogP contribution in [0.4, 0.5) is 11.4 Å². The van der Waals surface area contributed by atoms with E-state index in [9.17, 15) is 14.9 Å². The summed E-state index contributed by atoms with van der Waals surface area (Å²) in [6, 6.07) is 3.83. The largest absolute Gasteiger partial charge is 0.478 e. The summed E-state index contributed by atoms with van der Waals surface area (Å²) in [6.07, 6.45) is 0. The van der Waals surface area contributed by atoms with Gasteiger partial charge in [0.15, 0.2) is 0 Å². The summed E-state index contributed by atoms with van der Waals surface area (Å²) in [5.74, 6) is -1.19. The fourth-order valence-electron chi connectivity index (χ4n) is 1.43. The third-order valence-corrected chi connectivity index (χ3v) is 3.36. The number of anilines is 1. The molecule has 0 heterocycles. The molecular formula is C13H19N3O4. The number of hydrogen-bond acceptors (Lipinski definition) is 5. The molecule has 1 aromatic rings. The van der Waals surface area contributed by atoms with Gasteiger partial charge in [-0.3, -0.25) is 10.1 Å². The standard InChI is InChI=1S/C13H19N3O4/c1-13(2,15(3)4)8-14-10-6-5-9(12(17)18)7-11(10)16(19)20/h5-7,14H,8H2,1-4H3,(H,17,18). The molecule has 0 saturated carbocycles. The Hall–Kier alpha value is -2.15. The van der Waals surface area contributed by atoms with Gasteiger partial charge in [0, 0.05) is 18.2 Å². The van der Waals surface area contributed by atoms with E-state index in [1.165, 1.54) is 12.1 Å². The van der Waals surface area contributed by atoms with Crippen molar-refractivity contribution in [1.82, 2.24) is 4.90 Å². The van der Waals surface area contributed by atoms with Crippen molar-refractivity contribution < 1.29 is 14.8 Å². The average molecular weight is 281 g/mol. The van der Waals surface area contributed by atoms with Gasteiger partial charge >= 0.3 is 5.97 Å². The van der Waals surface area contributed by atoms with Crippen LogP contribution in [0.3, 0.4) is 0 Å². The molecule has 110 valence electrons. The normalized spacial score (nSPS) is 11.4. The number of carboxylic acid groups (broad SMARTS) is 1. The number of carboxylic acids is 1. The lowest BCUT2D eigenvalue weighted by Crippen LogP contribution is -2.44. The van der Waals surface area contributed by atoms with Crippen LogP contribution < -0.4 is 5.32 Å². The van der Waals surface area contributed by atoms with Gasteiger partial charge in [-0.05, 0) is 40.1 Å². The van der Waals surface area contributed by atoms with E-state index in [-0.39, 0.29) is 16.8 Å². The molecule has 0 saturated heterocycles. The lowest BCUT2D eigenvalue weighted by atomic mass is 10.0. The minimum Gasteiger partial charge on any atom is -0.478 e. The third kappa shape index (κ3) is 3.67. The van der Waals surface area contributed by atoms with Gasteiger partial charge in [-0.15, -0.1) is 0 Å². The van der Waals surface area contributed by atoms with E-state index < -0.39 is 10.9 Å². The van der Waals surface area contributed by atoms with Crippen molar-refractivity contribution in [1.29, 1.82) is 0 Å². The molecule has 7 nitrogen and oxygen atoms in total. The Bertz CT molecular complexity index is 526. The number of carbonyl (C=O) groups is 1. The molecule has 0 atom stereocenters. The Morgan fingerprint density at radius 3 is 2.50 bits per heavy atom. The van der Waals surface area contributed by atoms with Crippen molar-refractivity contribution in [3.63, 3.8) is 0 Å². The maximum absolute atomic E-state index is 11.0. The zero-order chi connectivity index (χ0) is 15.5. The lowest BCUT2D eigenvalue weighted by Gasteiger charge is -2.32. The van der Waals surface area contributed by atoms with Crippen LogP contribution in [0, 0.1) is 10.1 Å². The fraction of sp³-hybridized carbons (Fsp3) is 0.462. The Morgan fingerprint density at radius 2 is 2.05 bits per heavy atom. The summed E-state index contributed by atoms with van der Waals surface area (Å²) in [4.78, 5) is 23.3. The lowest BCUT2D eigenvalue weighted by molar-refractivity contribution is -0.384. The Morgan fingerprint density at radius 1 is 1.45 bits per heavy atom. The first-order valence-corrected chi connectivity index (χ1v) is 6.08. The molecule has 1 aromatic carbocycles. The molecule has 0 aliphatic carbocycles. The Kier molecular flexibility index (Phi) is 4.67. The fourth-order valence-corrected chi connectivity index (χ4v) is 1.43. The summed E-state index contributed by atoms with van der Waals surface area (Å²) in [6.45, 7) is 4.49. The third-order valence-electron chi connectivity index (χ3n) is 3.36. The molecule has 0 spiro atoms. The van der Waals surface area contributed by atoms with E-state index in [4.69, 9.17) is 5.11 Å². The number of benzene rings is 1. The SMILES string of the molecule is CN(C)C(C)(C)CNc1ccc(C(=O)O)cc1[N+](=O)[O-]. The molecule has 0 aliphatic rings. The van der Waals surface area contributed by atoms with Crippen LogP contribution in [0.15, 0.2) is 18.2 Å². The molecule has 0 aromatic heterocycles. The van der Waals surface area contributed by atoms with Gasteiger partial charge in [-0.25, -0.2) is 4.79 Å². The number of aromatic carboxylic acids is 1. The maximum Gasteiger partial charge on any atom is 0.335 e. The summed E-state index contributed by atoms with van der Waals surface area (Å²) in [5, 5.41) is 22.9. The van der Waals surface area contributed by atoms with Gasteiger partial charge in [0.05, 0.1) is 10.5 Å². The van der Waals surface area contributed by atoms with E-state index in [1.807, 2.05) is 32.8 Å². The van der Waals surface area contributed by atoms with Crippen molar-refractivity contribution in [3.05, 3.63) is 33.9 Å². The van der Waals surface area contributed by atoms with Crippen LogP contribution in [0.1, 0.15) is 24.2 Å². The van der Waals surface area contributed by atoms with Gasteiger partial charge in [-0.2, -0.15) is 0 Å². The van der Waals surface area contributed by atoms with Crippen LogP contribution in [0.25, 0.3) is 0 Å². The first kappa shape index (κ1) is 15.9. The van der Waals surface area contributed by atoms with Crippen molar-refractivity contribution in [3.8, 4) is 0 Å². The summed E-state index contributed by atoms with van der Waals surface area (Å²) in [5.41, 5.74) is -0.220. The highest BCUT2D eigenvalue weighted by Gasteiger charge is 2.23. The van der Waals surface area contributed by atoms with Gasteiger partial charge < -0.3 is 15.3 Å². The highest BCUT2D eigenvalue weighted by Crippen LogP contribution is 2.26. The summed E-state index contributed by atoms with van der Waals surface area (Å²) in [7, 11) is 3.84. The average Bonchev–Trinajstić information content (AvgIpc) is 2.35. The molecule has 0 radical (unpaired) electrons. The molecule has 0 bridgehead atoms. The van der Waals surface area contributed by atoms with Crippen LogP contribution >= 0.6 is 0 Å². The summed E-state index contributed by atoms with van der Waals surface area (Å²) >= 11 is 0. The minimum atomic E-state index is -1.19.